The molecule has 0 spiro atoms. The molecule has 0 aliphatic carbocycles. The van der Waals surface area contributed by atoms with E-state index in [-0.39, 0.29) is 12.1 Å². The van der Waals surface area contributed by atoms with Crippen molar-refractivity contribution in [3.05, 3.63) is 25.1 Å². The number of imidazole rings is 1. The smallest absolute Gasteiger partial charge is 0.251 e. The molecule has 6 nitrogen and oxygen atoms in total. The summed E-state index contributed by atoms with van der Waals surface area (Å²) in [6.45, 7) is 0. The summed E-state index contributed by atoms with van der Waals surface area (Å²) in [4.78, 5) is 25.4. The molecular weight excluding hydrogens is 201 g/mol. The van der Waals surface area contributed by atoms with Crippen molar-refractivity contribution in [2.45, 2.75) is 0 Å². The van der Waals surface area contributed by atoms with Crippen LogP contribution in [0.25, 0.3) is 11.2 Å². The molecule has 2 rings (SSSR count). The lowest BCUT2D eigenvalue weighted by molar-refractivity contribution is -0.112. The number of nitrogens with zero attached hydrogens (tertiary/aromatic N) is 3. The van der Waals surface area contributed by atoms with Crippen LogP contribution in [0, 0.1) is 0 Å². The number of carbonyl (C=O) groups is 1. The predicted molar refractivity (Wildman–Crippen MR) is 50.6 cm³/mol. The van der Waals surface area contributed by atoms with Crippen LogP contribution in [0.2, 0.25) is 0 Å². The van der Waals surface area contributed by atoms with Gasteiger partial charge in [0.15, 0.2) is 17.0 Å². The number of carbonyl (C=O) groups excluding carboxylic acids is 1. The molecule has 0 bridgehead atoms. The summed E-state index contributed by atoms with van der Waals surface area (Å²) in [5, 5.41) is 2.37. The lowest BCUT2D eigenvalue weighted by Crippen LogP contribution is -2.09. The number of rotatable bonds is 2. The zero-order valence-electron chi connectivity index (χ0n) is 7.44. The highest BCUT2D eigenvalue weighted by molar-refractivity contribution is 6.02. The quantitative estimate of drug-likeness (QED) is 0.712. The first kappa shape index (κ1) is 9.25. The van der Waals surface area contributed by atoms with Crippen LogP contribution < -0.4 is 5.32 Å². The Labute approximate surface area is 83.3 Å². The first-order valence-electron chi connectivity index (χ1n) is 4.03. The molecule has 0 fully saturated rings. The second-order valence-electron chi connectivity index (χ2n) is 2.60. The fourth-order valence-electron chi connectivity index (χ4n) is 1.07. The molecule has 0 radical (unpaired) electrons. The molecule has 0 unspecified atom stereocenters. The predicted octanol–water partition coefficient (Wildman–Crippen LogP) is 0.775. The number of fused-ring (bicyclic) bond motifs is 1. The molecule has 0 aromatic carbocycles. The SMILES string of the molecule is O=C(/C=C/F)Nc1ncnc2[nH]cnc12. The second kappa shape index (κ2) is 3.82. The minimum atomic E-state index is -0.611. The van der Waals surface area contributed by atoms with Gasteiger partial charge in [-0.25, -0.2) is 19.3 Å². The average molecular weight is 207 g/mol. The van der Waals surface area contributed by atoms with Crippen molar-refractivity contribution in [1.82, 2.24) is 19.9 Å². The van der Waals surface area contributed by atoms with Crippen molar-refractivity contribution in [2.24, 2.45) is 0 Å². The van der Waals surface area contributed by atoms with Gasteiger partial charge in [-0.15, -0.1) is 0 Å². The summed E-state index contributed by atoms with van der Waals surface area (Å²) >= 11 is 0. The van der Waals surface area contributed by atoms with E-state index in [9.17, 15) is 9.18 Å². The fourth-order valence-corrected chi connectivity index (χ4v) is 1.07. The number of nitrogens with one attached hydrogen (secondary N) is 2. The van der Waals surface area contributed by atoms with Crippen LogP contribution >= 0.6 is 0 Å². The van der Waals surface area contributed by atoms with Crippen molar-refractivity contribution in [3.63, 3.8) is 0 Å². The molecule has 76 valence electrons. The molecule has 0 saturated heterocycles. The molecule has 0 atom stereocenters. The number of hydrogen-bond donors (Lipinski definition) is 2. The Morgan fingerprint density at radius 1 is 1.47 bits per heavy atom. The van der Waals surface area contributed by atoms with Gasteiger partial charge in [-0.3, -0.25) is 4.79 Å². The van der Waals surface area contributed by atoms with Gasteiger partial charge in [0, 0.05) is 6.08 Å². The highest BCUT2D eigenvalue weighted by Gasteiger charge is 2.07. The summed E-state index contributed by atoms with van der Waals surface area (Å²) in [6.07, 6.45) is 3.61. The monoisotopic (exact) mass is 207 g/mol. The summed E-state index contributed by atoms with van der Waals surface area (Å²) in [5.41, 5.74) is 0.933. The first-order valence-corrected chi connectivity index (χ1v) is 4.03. The van der Waals surface area contributed by atoms with E-state index < -0.39 is 5.91 Å². The molecule has 2 aromatic rings. The minimum absolute atomic E-state index is 0.151. The van der Waals surface area contributed by atoms with E-state index in [0.717, 1.165) is 6.08 Å². The minimum Gasteiger partial charge on any atom is -0.329 e. The van der Waals surface area contributed by atoms with E-state index in [1.807, 2.05) is 0 Å². The van der Waals surface area contributed by atoms with E-state index in [4.69, 9.17) is 0 Å². The zero-order valence-corrected chi connectivity index (χ0v) is 7.44. The third-order valence-electron chi connectivity index (χ3n) is 1.67. The third kappa shape index (κ3) is 1.80. The molecule has 0 saturated carbocycles. The van der Waals surface area contributed by atoms with Crippen molar-refractivity contribution in [1.29, 1.82) is 0 Å². The maximum Gasteiger partial charge on any atom is 0.251 e. The number of H-pyrrole nitrogens is 1. The number of amides is 1. The lowest BCUT2D eigenvalue weighted by Gasteiger charge is -1.99. The third-order valence-corrected chi connectivity index (χ3v) is 1.67. The fraction of sp³-hybridized carbons (Fsp3) is 0. The molecule has 7 heteroatoms. The Morgan fingerprint density at radius 3 is 3.13 bits per heavy atom. The maximum absolute atomic E-state index is 11.7. The van der Waals surface area contributed by atoms with Crippen LogP contribution in [-0.2, 0) is 4.79 Å². The van der Waals surface area contributed by atoms with Crippen molar-refractivity contribution in [2.75, 3.05) is 5.32 Å². The normalized spacial score (nSPS) is 11.0. The Balaban J connectivity index is 2.35. The Hall–Kier alpha value is -2.31. The van der Waals surface area contributed by atoms with Crippen LogP contribution in [0.1, 0.15) is 0 Å². The molecular formula is C8H6FN5O. The first-order chi connectivity index (χ1) is 7.31. The molecule has 1 amide bonds. The molecule has 0 aliphatic rings. The number of anilines is 1. The Bertz CT molecular complexity index is 520. The summed E-state index contributed by atoms with van der Waals surface area (Å²) in [6, 6.07) is 0. The van der Waals surface area contributed by atoms with E-state index in [2.05, 4.69) is 25.3 Å². The van der Waals surface area contributed by atoms with Crippen molar-refractivity contribution in [3.8, 4) is 0 Å². The van der Waals surface area contributed by atoms with Gasteiger partial charge in [0.05, 0.1) is 12.7 Å². The van der Waals surface area contributed by atoms with Gasteiger partial charge < -0.3 is 10.3 Å². The molecule has 2 heterocycles. The van der Waals surface area contributed by atoms with E-state index >= 15 is 0 Å². The Morgan fingerprint density at radius 2 is 2.33 bits per heavy atom. The maximum atomic E-state index is 11.7. The molecule has 0 aliphatic heterocycles. The number of hydrogen-bond acceptors (Lipinski definition) is 4. The number of halogens is 1. The van der Waals surface area contributed by atoms with Gasteiger partial charge in [-0.05, 0) is 0 Å². The van der Waals surface area contributed by atoms with Crippen molar-refractivity contribution >= 4 is 22.9 Å². The van der Waals surface area contributed by atoms with Gasteiger partial charge in [0.2, 0.25) is 0 Å². The van der Waals surface area contributed by atoms with Gasteiger partial charge in [-0.2, -0.15) is 0 Å². The van der Waals surface area contributed by atoms with Gasteiger partial charge in [0.25, 0.3) is 5.91 Å². The van der Waals surface area contributed by atoms with Crippen LogP contribution in [0.15, 0.2) is 25.1 Å². The number of aromatic amines is 1. The van der Waals surface area contributed by atoms with Gasteiger partial charge in [-0.1, -0.05) is 0 Å². The number of aromatic nitrogens is 4. The molecule has 2 aromatic heterocycles. The van der Waals surface area contributed by atoms with Crippen LogP contribution in [0.3, 0.4) is 0 Å². The largest absolute Gasteiger partial charge is 0.329 e. The summed E-state index contributed by atoms with van der Waals surface area (Å²) in [5.74, 6) is -0.371. The molecule has 2 N–H and O–H groups in total. The highest BCUT2D eigenvalue weighted by atomic mass is 19.1. The highest BCUT2D eigenvalue weighted by Crippen LogP contribution is 2.13. The second-order valence-corrected chi connectivity index (χ2v) is 2.60. The lowest BCUT2D eigenvalue weighted by atomic mass is 10.4. The van der Waals surface area contributed by atoms with Gasteiger partial charge >= 0.3 is 0 Å². The van der Waals surface area contributed by atoms with Gasteiger partial charge in [0.1, 0.15) is 6.33 Å². The Kier molecular flexibility index (Phi) is 2.36. The summed E-state index contributed by atoms with van der Waals surface area (Å²) in [7, 11) is 0. The van der Waals surface area contributed by atoms with Crippen LogP contribution in [-0.4, -0.2) is 25.8 Å². The molecule has 15 heavy (non-hydrogen) atoms. The zero-order chi connectivity index (χ0) is 10.7. The van der Waals surface area contributed by atoms with E-state index in [0.29, 0.717) is 11.2 Å². The van der Waals surface area contributed by atoms with Crippen LogP contribution in [0.5, 0.6) is 0 Å². The summed E-state index contributed by atoms with van der Waals surface area (Å²) < 4.78 is 11.7. The van der Waals surface area contributed by atoms with E-state index in [1.54, 1.807) is 0 Å². The van der Waals surface area contributed by atoms with E-state index in [1.165, 1.54) is 12.7 Å². The van der Waals surface area contributed by atoms with Crippen LogP contribution in [0.4, 0.5) is 10.2 Å². The van der Waals surface area contributed by atoms with Crippen molar-refractivity contribution < 1.29 is 9.18 Å². The average Bonchev–Trinajstić information content (AvgIpc) is 2.67. The standard InChI is InChI=1S/C8H6FN5O/c9-2-1-5(15)14-8-6-7(11-3-10-6)12-4-13-8/h1-4H,(H2,10,11,12,13,14,15)/b2-1+. The topological polar surface area (TPSA) is 83.6 Å².